The molecule has 0 amide bonds. The summed E-state index contributed by atoms with van der Waals surface area (Å²) < 4.78 is 6.63. The third kappa shape index (κ3) is 3.10. The van der Waals surface area contributed by atoms with E-state index in [1.54, 1.807) is 48.7 Å². The molecule has 0 unspecified atom stereocenters. The van der Waals surface area contributed by atoms with Crippen molar-refractivity contribution in [1.82, 2.24) is 9.55 Å². The van der Waals surface area contributed by atoms with Crippen LogP contribution < -0.4 is 15.2 Å². The van der Waals surface area contributed by atoms with Gasteiger partial charge in [0.05, 0.1) is 13.0 Å². The fraction of sp³-hybridized carbons (Fsp3) is 0.353. The normalized spacial score (nSPS) is 17.5. The van der Waals surface area contributed by atoms with Gasteiger partial charge in [0.1, 0.15) is 5.75 Å². The predicted molar refractivity (Wildman–Crippen MR) is 89.0 cm³/mol. The van der Waals surface area contributed by atoms with Gasteiger partial charge >= 0.3 is 5.97 Å². The zero-order valence-corrected chi connectivity index (χ0v) is 13.4. The van der Waals surface area contributed by atoms with Crippen molar-refractivity contribution in [3.8, 4) is 11.4 Å². The van der Waals surface area contributed by atoms with Crippen LogP contribution in [0.15, 0.2) is 41.5 Å². The van der Waals surface area contributed by atoms with Gasteiger partial charge < -0.3 is 14.7 Å². The topological polar surface area (TPSA) is 84.7 Å². The fourth-order valence-electron chi connectivity index (χ4n) is 2.94. The molecule has 0 saturated carbocycles. The highest BCUT2D eigenvalue weighted by Gasteiger charge is 2.27. The van der Waals surface area contributed by atoms with Crippen molar-refractivity contribution in [1.29, 1.82) is 0 Å². The van der Waals surface area contributed by atoms with E-state index < -0.39 is 11.9 Å². The van der Waals surface area contributed by atoms with Crippen LogP contribution in [0.4, 0.5) is 5.82 Å². The molecule has 1 aromatic heterocycles. The Morgan fingerprint density at radius 1 is 1.33 bits per heavy atom. The van der Waals surface area contributed by atoms with Crippen molar-refractivity contribution in [3.63, 3.8) is 0 Å². The minimum absolute atomic E-state index is 0.256. The Balaban J connectivity index is 1.93. The second-order valence-electron chi connectivity index (χ2n) is 5.75. The maximum Gasteiger partial charge on any atom is 0.308 e. The third-order valence-electron chi connectivity index (χ3n) is 4.24. The average Bonchev–Trinajstić information content (AvgIpc) is 2.62. The summed E-state index contributed by atoms with van der Waals surface area (Å²) in [6.45, 7) is 0.947. The van der Waals surface area contributed by atoms with E-state index in [9.17, 15) is 14.7 Å². The molecule has 0 aliphatic carbocycles. The molecule has 1 aliphatic heterocycles. The number of aliphatic carboxylic acids is 1. The summed E-state index contributed by atoms with van der Waals surface area (Å²) in [6.07, 6.45) is 4.53. The highest BCUT2D eigenvalue weighted by Crippen LogP contribution is 2.20. The van der Waals surface area contributed by atoms with Gasteiger partial charge in [0.25, 0.3) is 5.56 Å². The second kappa shape index (κ2) is 6.74. The van der Waals surface area contributed by atoms with Gasteiger partial charge in [0, 0.05) is 31.2 Å². The van der Waals surface area contributed by atoms with E-state index in [1.807, 2.05) is 0 Å². The minimum atomic E-state index is -0.828. The number of nitrogens with zero attached hydrogens (tertiary/aromatic N) is 3. The van der Waals surface area contributed by atoms with Crippen LogP contribution in [0, 0.1) is 5.92 Å². The molecule has 1 atom stereocenters. The van der Waals surface area contributed by atoms with Gasteiger partial charge in [0.2, 0.25) is 0 Å². The lowest BCUT2D eigenvalue weighted by atomic mass is 9.98. The number of anilines is 1. The van der Waals surface area contributed by atoms with Crippen LogP contribution in [-0.4, -0.2) is 40.8 Å². The maximum absolute atomic E-state index is 12.8. The predicted octanol–water partition coefficient (Wildman–Crippen LogP) is 1.54. The number of ether oxygens (including phenoxy) is 1. The zero-order chi connectivity index (χ0) is 17.1. The van der Waals surface area contributed by atoms with Gasteiger partial charge in [-0.25, -0.2) is 4.98 Å². The number of carboxylic acids is 1. The summed E-state index contributed by atoms with van der Waals surface area (Å²) in [4.78, 5) is 30.0. The molecule has 24 heavy (non-hydrogen) atoms. The lowest BCUT2D eigenvalue weighted by Gasteiger charge is -2.31. The lowest BCUT2D eigenvalue weighted by molar-refractivity contribution is -0.141. The molecule has 1 saturated heterocycles. The number of piperidine rings is 1. The van der Waals surface area contributed by atoms with E-state index in [1.165, 1.54) is 4.57 Å². The first kappa shape index (κ1) is 16.0. The average molecular weight is 329 g/mol. The lowest BCUT2D eigenvalue weighted by Crippen LogP contribution is -2.42. The summed E-state index contributed by atoms with van der Waals surface area (Å²) >= 11 is 0. The van der Waals surface area contributed by atoms with Gasteiger partial charge in [-0.3, -0.25) is 14.2 Å². The van der Waals surface area contributed by atoms with Crippen LogP contribution in [-0.2, 0) is 4.79 Å². The third-order valence-corrected chi connectivity index (χ3v) is 4.24. The van der Waals surface area contributed by atoms with Crippen molar-refractivity contribution in [2.75, 3.05) is 25.1 Å². The highest BCUT2D eigenvalue weighted by atomic mass is 16.5. The second-order valence-corrected chi connectivity index (χ2v) is 5.75. The summed E-state index contributed by atoms with van der Waals surface area (Å²) in [5.74, 6) is -0.290. The largest absolute Gasteiger partial charge is 0.497 e. The van der Waals surface area contributed by atoms with Crippen molar-refractivity contribution in [2.24, 2.45) is 5.92 Å². The molecule has 126 valence electrons. The SMILES string of the molecule is COc1ccc(-n2ccnc(N3CCC[C@H](C(=O)O)C3)c2=O)cc1. The number of benzene rings is 1. The van der Waals surface area contributed by atoms with Gasteiger partial charge in [-0.05, 0) is 37.1 Å². The number of carbonyl (C=O) groups is 1. The highest BCUT2D eigenvalue weighted by molar-refractivity contribution is 5.71. The van der Waals surface area contributed by atoms with Crippen molar-refractivity contribution >= 4 is 11.8 Å². The van der Waals surface area contributed by atoms with Gasteiger partial charge in [-0.15, -0.1) is 0 Å². The van der Waals surface area contributed by atoms with Crippen LogP contribution >= 0.6 is 0 Å². The van der Waals surface area contributed by atoms with Crippen LogP contribution in [0.5, 0.6) is 5.75 Å². The standard InChI is InChI=1S/C17H19N3O4/c1-24-14-6-4-13(5-7-14)20-10-8-18-15(16(20)21)19-9-2-3-12(11-19)17(22)23/h4-8,10,12H,2-3,9,11H2,1H3,(H,22,23)/t12-/m0/s1. The molecular formula is C17H19N3O4. The van der Waals surface area contributed by atoms with Crippen LogP contribution in [0.25, 0.3) is 5.69 Å². The first-order chi connectivity index (χ1) is 11.6. The van der Waals surface area contributed by atoms with E-state index in [0.29, 0.717) is 36.8 Å². The van der Waals surface area contributed by atoms with E-state index >= 15 is 0 Å². The molecular weight excluding hydrogens is 310 g/mol. The molecule has 3 rings (SSSR count). The molecule has 2 heterocycles. The van der Waals surface area contributed by atoms with E-state index in [4.69, 9.17) is 4.74 Å². The number of hydrogen-bond acceptors (Lipinski definition) is 5. The molecule has 0 bridgehead atoms. The summed E-state index contributed by atoms with van der Waals surface area (Å²) in [7, 11) is 1.58. The maximum atomic E-state index is 12.8. The first-order valence-corrected chi connectivity index (χ1v) is 7.80. The van der Waals surface area contributed by atoms with Crippen LogP contribution in [0.3, 0.4) is 0 Å². The molecule has 2 aromatic rings. The smallest absolute Gasteiger partial charge is 0.308 e. The Labute approximate surface area is 139 Å². The summed E-state index contributed by atoms with van der Waals surface area (Å²) in [5.41, 5.74) is 0.449. The van der Waals surface area contributed by atoms with E-state index in [-0.39, 0.29) is 5.56 Å². The number of aromatic nitrogens is 2. The number of hydrogen-bond donors (Lipinski definition) is 1. The molecule has 0 spiro atoms. The molecule has 1 N–H and O–H groups in total. The van der Waals surface area contributed by atoms with Gasteiger partial charge in [0.15, 0.2) is 5.82 Å². The van der Waals surface area contributed by atoms with Crippen molar-refractivity contribution in [2.45, 2.75) is 12.8 Å². The van der Waals surface area contributed by atoms with E-state index in [2.05, 4.69) is 4.98 Å². The Kier molecular flexibility index (Phi) is 4.50. The minimum Gasteiger partial charge on any atom is -0.497 e. The Bertz CT molecular complexity index is 785. The molecule has 1 aromatic carbocycles. The monoisotopic (exact) mass is 329 g/mol. The zero-order valence-electron chi connectivity index (χ0n) is 13.4. The first-order valence-electron chi connectivity index (χ1n) is 7.80. The molecule has 7 heteroatoms. The molecule has 7 nitrogen and oxygen atoms in total. The Morgan fingerprint density at radius 2 is 2.08 bits per heavy atom. The Morgan fingerprint density at radius 3 is 2.75 bits per heavy atom. The van der Waals surface area contributed by atoms with Crippen LogP contribution in [0.2, 0.25) is 0 Å². The Hall–Kier alpha value is -2.83. The summed E-state index contributed by atoms with van der Waals surface area (Å²) in [6, 6.07) is 7.15. The number of rotatable bonds is 4. The van der Waals surface area contributed by atoms with E-state index in [0.717, 1.165) is 6.42 Å². The van der Waals surface area contributed by atoms with Gasteiger partial charge in [-0.1, -0.05) is 0 Å². The summed E-state index contributed by atoms with van der Waals surface area (Å²) in [5, 5.41) is 9.21. The van der Waals surface area contributed by atoms with Crippen molar-refractivity contribution in [3.05, 3.63) is 47.0 Å². The molecule has 1 fully saturated rings. The quantitative estimate of drug-likeness (QED) is 0.916. The number of carboxylic acid groups (broad SMARTS) is 1. The molecule has 1 aliphatic rings. The van der Waals surface area contributed by atoms with Crippen LogP contribution in [0.1, 0.15) is 12.8 Å². The fourth-order valence-corrected chi connectivity index (χ4v) is 2.94. The molecule has 0 radical (unpaired) electrons. The van der Waals surface area contributed by atoms with Gasteiger partial charge in [-0.2, -0.15) is 0 Å². The van der Waals surface area contributed by atoms with Crippen molar-refractivity contribution < 1.29 is 14.6 Å². The number of methoxy groups -OCH3 is 1.